The smallest absolute Gasteiger partial charge is 0.160 e. The number of hydrogen-bond acceptors (Lipinski definition) is 7. The van der Waals surface area contributed by atoms with Gasteiger partial charge in [-0.15, -0.1) is 0 Å². The van der Waals surface area contributed by atoms with Crippen LogP contribution in [0.15, 0.2) is 72.8 Å². The first kappa shape index (κ1) is 31.1. The Morgan fingerprint density at radius 3 is 2.11 bits per heavy atom. The third kappa shape index (κ3) is 7.81. The van der Waals surface area contributed by atoms with Gasteiger partial charge in [0.15, 0.2) is 11.5 Å². The molecule has 0 saturated carbocycles. The van der Waals surface area contributed by atoms with Gasteiger partial charge in [0.05, 0.1) is 0 Å². The minimum Gasteiger partial charge on any atom is -0.508 e. The summed E-state index contributed by atoms with van der Waals surface area (Å²) in [4.78, 5) is 0. The van der Waals surface area contributed by atoms with Crippen LogP contribution in [0.1, 0.15) is 72.9 Å². The van der Waals surface area contributed by atoms with Gasteiger partial charge >= 0.3 is 0 Å². The molecular formula is C38H38O7. The topological polar surface area (TPSA) is 131 Å². The van der Waals surface area contributed by atoms with E-state index in [9.17, 15) is 30.6 Å². The first-order chi connectivity index (χ1) is 21.4. The van der Waals surface area contributed by atoms with Gasteiger partial charge in [-0.3, -0.25) is 0 Å². The molecule has 4 bridgehead atoms. The van der Waals surface area contributed by atoms with E-state index in [4.69, 9.17) is 4.74 Å². The van der Waals surface area contributed by atoms with Gasteiger partial charge in [-0.05, 0) is 108 Å². The average Bonchev–Trinajstić information content (AvgIpc) is 2.95. The predicted molar refractivity (Wildman–Crippen MR) is 178 cm³/mol. The summed E-state index contributed by atoms with van der Waals surface area (Å²) in [5.41, 5.74) is 2.97. The van der Waals surface area contributed by atoms with Crippen LogP contribution in [-0.2, 0) is 0 Å². The second-order valence-corrected chi connectivity index (χ2v) is 12.3. The molecule has 232 valence electrons. The molecule has 1 unspecified atom stereocenters. The molecule has 1 heterocycles. The Bertz CT molecular complexity index is 1780. The van der Waals surface area contributed by atoms with Crippen molar-refractivity contribution in [2.24, 2.45) is 5.92 Å². The summed E-state index contributed by atoms with van der Waals surface area (Å²) in [7, 11) is 0. The molecule has 4 aromatic rings. The third-order valence-corrected chi connectivity index (χ3v) is 7.78. The first-order valence-electron chi connectivity index (χ1n) is 14.9. The van der Waals surface area contributed by atoms with Crippen LogP contribution in [0.3, 0.4) is 0 Å². The second kappa shape index (κ2) is 12.7. The highest BCUT2D eigenvalue weighted by Gasteiger charge is 2.32. The number of hydrogen-bond donors (Lipinski definition) is 6. The number of benzene rings is 4. The molecule has 0 aromatic heterocycles. The van der Waals surface area contributed by atoms with E-state index in [2.05, 4.69) is 13.8 Å². The zero-order chi connectivity index (χ0) is 32.3. The van der Waals surface area contributed by atoms with Crippen molar-refractivity contribution in [1.29, 1.82) is 0 Å². The molecule has 0 saturated heterocycles. The van der Waals surface area contributed by atoms with Crippen LogP contribution >= 0.6 is 0 Å². The van der Waals surface area contributed by atoms with E-state index in [1.807, 2.05) is 43.4 Å². The summed E-state index contributed by atoms with van der Waals surface area (Å²) in [6.07, 6.45) is 11.9. The molecule has 4 aromatic carbocycles. The summed E-state index contributed by atoms with van der Waals surface area (Å²) < 4.78 is 6.60. The molecule has 7 heteroatoms. The Labute approximate surface area is 263 Å². The van der Waals surface area contributed by atoms with E-state index in [0.29, 0.717) is 46.4 Å². The van der Waals surface area contributed by atoms with Gasteiger partial charge in [0.25, 0.3) is 0 Å². The highest BCUT2D eigenvalue weighted by atomic mass is 16.5. The third-order valence-electron chi connectivity index (χ3n) is 7.78. The summed E-state index contributed by atoms with van der Waals surface area (Å²) in [5.74, 6) is 0.163. The van der Waals surface area contributed by atoms with E-state index in [1.165, 1.54) is 24.3 Å². The molecule has 0 fully saturated rings. The minimum atomic E-state index is -0.983. The molecule has 0 amide bonds. The van der Waals surface area contributed by atoms with Crippen molar-refractivity contribution >= 4 is 30.4 Å². The van der Waals surface area contributed by atoms with E-state index in [1.54, 1.807) is 42.5 Å². The summed E-state index contributed by atoms with van der Waals surface area (Å²) >= 11 is 0. The van der Waals surface area contributed by atoms with Crippen LogP contribution in [0.25, 0.3) is 30.4 Å². The zero-order valence-electron chi connectivity index (χ0n) is 25.5. The van der Waals surface area contributed by atoms with Gasteiger partial charge < -0.3 is 35.4 Å². The quantitative estimate of drug-likeness (QED) is 0.0957. The molecule has 2 atom stereocenters. The van der Waals surface area contributed by atoms with Crippen LogP contribution < -0.4 is 4.74 Å². The fourth-order valence-electron chi connectivity index (χ4n) is 5.80. The fraction of sp³-hybridized carbons (Fsp3) is 0.211. The Hall–Kier alpha value is -5.30. The number of phenols is 6. The highest BCUT2D eigenvalue weighted by molar-refractivity contribution is 5.74. The number of phenolic OH excluding ortho intramolecular Hbond substituents is 6. The maximum atomic E-state index is 11.0. The van der Waals surface area contributed by atoms with Crippen molar-refractivity contribution in [2.75, 3.05) is 0 Å². The van der Waals surface area contributed by atoms with Gasteiger partial charge in [-0.25, -0.2) is 0 Å². The molecule has 1 aliphatic heterocycles. The molecule has 45 heavy (non-hydrogen) atoms. The summed E-state index contributed by atoms with van der Waals surface area (Å²) in [5, 5.41) is 62.4. The zero-order valence-corrected chi connectivity index (χ0v) is 25.5. The van der Waals surface area contributed by atoms with Crippen molar-refractivity contribution in [2.45, 2.75) is 45.1 Å². The van der Waals surface area contributed by atoms with Crippen LogP contribution in [0, 0.1) is 5.92 Å². The van der Waals surface area contributed by atoms with Crippen LogP contribution in [0.4, 0.5) is 0 Å². The van der Waals surface area contributed by atoms with Crippen molar-refractivity contribution < 1.29 is 35.4 Å². The molecule has 6 N–H and O–H groups in total. The largest absolute Gasteiger partial charge is 0.508 e. The molecule has 0 radical (unpaired) electrons. The fourth-order valence-corrected chi connectivity index (χ4v) is 5.80. The number of ether oxygens (including phenoxy) is 1. The number of aromatic hydroxyl groups is 6. The Balaban J connectivity index is 1.56. The Kier molecular flexibility index (Phi) is 8.82. The summed E-state index contributed by atoms with van der Waals surface area (Å²) in [6.45, 7) is 6.11. The lowest BCUT2D eigenvalue weighted by atomic mass is 9.80. The first-order valence-corrected chi connectivity index (χ1v) is 14.9. The molecule has 0 aliphatic carbocycles. The van der Waals surface area contributed by atoms with Crippen molar-refractivity contribution in [1.82, 2.24) is 0 Å². The molecular weight excluding hydrogens is 568 g/mol. The van der Waals surface area contributed by atoms with Gasteiger partial charge in [-0.1, -0.05) is 50.3 Å². The maximum Gasteiger partial charge on any atom is 0.160 e. The van der Waals surface area contributed by atoms with Gasteiger partial charge in [0.2, 0.25) is 0 Å². The van der Waals surface area contributed by atoms with E-state index in [-0.39, 0.29) is 46.3 Å². The molecule has 7 nitrogen and oxygen atoms in total. The van der Waals surface area contributed by atoms with Crippen LogP contribution in [0.5, 0.6) is 40.2 Å². The van der Waals surface area contributed by atoms with E-state index < -0.39 is 5.60 Å². The van der Waals surface area contributed by atoms with Gasteiger partial charge in [0, 0.05) is 23.3 Å². The van der Waals surface area contributed by atoms with Crippen LogP contribution in [-0.4, -0.2) is 36.2 Å². The minimum absolute atomic E-state index is 0.0423. The normalized spacial score (nSPS) is 18.9. The van der Waals surface area contributed by atoms with Crippen molar-refractivity contribution in [3.8, 4) is 40.2 Å². The lowest BCUT2D eigenvalue weighted by molar-refractivity contribution is 0.117. The lowest BCUT2D eigenvalue weighted by Crippen LogP contribution is -2.32. The Morgan fingerprint density at radius 2 is 1.40 bits per heavy atom. The lowest BCUT2D eigenvalue weighted by Gasteiger charge is -2.33. The SMILES string of the molecule is CC(C)CC1C[C@](C)(/C=C/c2cc(/C=C/c3cc(O)cc(O)c3)ccc2O)Oc2cc(O)cc(c2)/C=C\c2cc(O)c(O)c1c2. The predicted octanol–water partition coefficient (Wildman–Crippen LogP) is 8.65. The number of fused-ring (bicyclic) bond motifs is 4. The van der Waals surface area contributed by atoms with E-state index >= 15 is 0 Å². The second-order valence-electron chi connectivity index (χ2n) is 12.3. The highest BCUT2D eigenvalue weighted by Crippen LogP contribution is 2.44. The Morgan fingerprint density at radius 1 is 0.733 bits per heavy atom. The van der Waals surface area contributed by atoms with Crippen LogP contribution in [0.2, 0.25) is 0 Å². The summed E-state index contributed by atoms with van der Waals surface area (Å²) in [6, 6.07) is 17.8. The van der Waals surface area contributed by atoms with E-state index in [0.717, 1.165) is 5.56 Å². The molecule has 0 spiro atoms. The van der Waals surface area contributed by atoms with Gasteiger partial charge in [0.1, 0.15) is 34.3 Å². The van der Waals surface area contributed by atoms with Crippen molar-refractivity contribution in [3.05, 3.63) is 106 Å². The average molecular weight is 607 g/mol. The van der Waals surface area contributed by atoms with Gasteiger partial charge in [-0.2, -0.15) is 0 Å². The monoisotopic (exact) mass is 606 g/mol. The molecule has 5 rings (SSSR count). The number of rotatable bonds is 6. The maximum absolute atomic E-state index is 11.0. The van der Waals surface area contributed by atoms with Crippen molar-refractivity contribution in [3.63, 3.8) is 0 Å². The standard InChI is InChI=1S/C38H38O7/c1-23(2)12-29-22-38(3,11-10-28-13-24(8-9-35(28)42)4-5-25-14-30(39)20-31(40)15-25)45-33-17-26(16-32(41)21-33)6-7-27-18-34(29)37(44)36(43)19-27/h4-11,13-21,23,29,39-44H,12,22H2,1-3H3/b5-4+,7-6-,11-10+/t29?,38-/m0/s1. The molecule has 1 aliphatic rings.